The second kappa shape index (κ2) is 9.90. The SMILES string of the molecule is CCN1CCC(c2ccc(Nc3cc4c(cn3)c(C)c(C(C)=O)c(=O)n4C3CCCC3)nc2)CC1. The van der Waals surface area contributed by atoms with Gasteiger partial charge in [0.2, 0.25) is 0 Å². The van der Waals surface area contributed by atoms with Crippen LogP contribution in [0.25, 0.3) is 10.9 Å². The first-order valence-corrected chi connectivity index (χ1v) is 13.0. The highest BCUT2D eigenvalue weighted by Crippen LogP contribution is 2.33. The largest absolute Gasteiger partial charge is 0.325 e. The van der Waals surface area contributed by atoms with Crippen LogP contribution in [0.4, 0.5) is 11.6 Å². The summed E-state index contributed by atoms with van der Waals surface area (Å²) in [6.07, 6.45) is 10.2. The Labute approximate surface area is 206 Å². The number of piperidine rings is 1. The van der Waals surface area contributed by atoms with Crippen molar-refractivity contribution in [2.24, 2.45) is 0 Å². The zero-order valence-corrected chi connectivity index (χ0v) is 21.0. The maximum atomic E-state index is 13.4. The average molecular weight is 474 g/mol. The van der Waals surface area contributed by atoms with E-state index in [1.165, 1.54) is 25.3 Å². The second-order valence-corrected chi connectivity index (χ2v) is 10.1. The highest BCUT2D eigenvalue weighted by atomic mass is 16.1. The Morgan fingerprint density at radius 1 is 1.06 bits per heavy atom. The van der Waals surface area contributed by atoms with Crippen molar-refractivity contribution in [2.45, 2.75) is 71.3 Å². The number of carbonyl (C=O) groups is 1. The number of hydrogen-bond donors (Lipinski definition) is 1. The van der Waals surface area contributed by atoms with Gasteiger partial charge in [0.1, 0.15) is 11.6 Å². The lowest BCUT2D eigenvalue weighted by Crippen LogP contribution is -2.32. The molecule has 0 aromatic carbocycles. The molecule has 0 radical (unpaired) electrons. The third-order valence-corrected chi connectivity index (χ3v) is 7.94. The van der Waals surface area contributed by atoms with Gasteiger partial charge in [0.25, 0.3) is 5.56 Å². The number of aromatic nitrogens is 3. The molecule has 1 aliphatic carbocycles. The molecular weight excluding hydrogens is 438 g/mol. The summed E-state index contributed by atoms with van der Waals surface area (Å²) in [5.41, 5.74) is 2.95. The van der Waals surface area contributed by atoms with Crippen LogP contribution in [0.2, 0.25) is 0 Å². The molecule has 1 saturated carbocycles. The summed E-state index contributed by atoms with van der Waals surface area (Å²) in [7, 11) is 0. The van der Waals surface area contributed by atoms with Crippen molar-refractivity contribution in [1.82, 2.24) is 19.4 Å². The van der Waals surface area contributed by atoms with Crippen molar-refractivity contribution in [3.05, 3.63) is 57.6 Å². The molecule has 184 valence electrons. The molecule has 0 unspecified atom stereocenters. The highest BCUT2D eigenvalue weighted by Gasteiger charge is 2.25. The number of pyridine rings is 3. The molecule has 7 nitrogen and oxygen atoms in total. The number of hydrogen-bond acceptors (Lipinski definition) is 6. The van der Waals surface area contributed by atoms with Crippen LogP contribution in [0, 0.1) is 6.92 Å². The van der Waals surface area contributed by atoms with Crippen molar-refractivity contribution < 1.29 is 4.79 Å². The smallest absolute Gasteiger partial charge is 0.262 e. The monoisotopic (exact) mass is 473 g/mol. The summed E-state index contributed by atoms with van der Waals surface area (Å²) in [6, 6.07) is 6.24. The Balaban J connectivity index is 1.44. The molecule has 0 amide bonds. The van der Waals surface area contributed by atoms with Crippen molar-refractivity contribution >= 4 is 28.3 Å². The second-order valence-electron chi connectivity index (χ2n) is 10.1. The summed E-state index contributed by atoms with van der Waals surface area (Å²) in [6.45, 7) is 8.96. The summed E-state index contributed by atoms with van der Waals surface area (Å²) in [4.78, 5) is 37.5. The quantitative estimate of drug-likeness (QED) is 0.486. The minimum absolute atomic E-state index is 0.121. The van der Waals surface area contributed by atoms with Gasteiger partial charge in [-0.05, 0) is 82.3 Å². The van der Waals surface area contributed by atoms with E-state index in [9.17, 15) is 9.59 Å². The van der Waals surface area contributed by atoms with Crippen LogP contribution >= 0.6 is 0 Å². The molecule has 7 heteroatoms. The van der Waals surface area contributed by atoms with Gasteiger partial charge in [0.05, 0.1) is 11.1 Å². The number of fused-ring (bicyclic) bond motifs is 1. The van der Waals surface area contributed by atoms with E-state index in [4.69, 9.17) is 0 Å². The minimum atomic E-state index is -0.187. The third-order valence-electron chi connectivity index (χ3n) is 7.94. The molecule has 4 heterocycles. The molecule has 2 aliphatic rings. The summed E-state index contributed by atoms with van der Waals surface area (Å²) in [5.74, 6) is 1.76. The number of ketones is 1. The molecule has 3 aromatic heterocycles. The van der Waals surface area contributed by atoms with E-state index in [0.29, 0.717) is 17.3 Å². The zero-order valence-electron chi connectivity index (χ0n) is 21.0. The number of aryl methyl sites for hydroxylation is 1. The summed E-state index contributed by atoms with van der Waals surface area (Å²) in [5, 5.41) is 4.18. The Bertz CT molecular complexity index is 1280. The van der Waals surface area contributed by atoms with Crippen molar-refractivity contribution in [3.8, 4) is 0 Å². The van der Waals surface area contributed by atoms with E-state index in [1.807, 2.05) is 29.8 Å². The van der Waals surface area contributed by atoms with Crippen LogP contribution in [0.5, 0.6) is 0 Å². The summed E-state index contributed by atoms with van der Waals surface area (Å²) < 4.78 is 1.85. The van der Waals surface area contributed by atoms with Crippen molar-refractivity contribution in [1.29, 1.82) is 0 Å². The van der Waals surface area contributed by atoms with Gasteiger partial charge in [-0.3, -0.25) is 9.59 Å². The number of Topliss-reactive ketones (excluding diaryl/α,β-unsaturated/α-hetero) is 1. The molecule has 1 saturated heterocycles. The Kier molecular flexibility index (Phi) is 6.69. The topological polar surface area (TPSA) is 80.1 Å². The first-order chi connectivity index (χ1) is 17.0. The van der Waals surface area contributed by atoms with E-state index in [0.717, 1.165) is 62.0 Å². The van der Waals surface area contributed by atoms with Crippen LogP contribution in [0.15, 0.2) is 35.4 Å². The van der Waals surface area contributed by atoms with Crippen molar-refractivity contribution in [3.63, 3.8) is 0 Å². The van der Waals surface area contributed by atoms with E-state index < -0.39 is 0 Å². The lowest BCUT2D eigenvalue weighted by atomic mass is 9.90. The van der Waals surface area contributed by atoms with Crippen molar-refractivity contribution in [2.75, 3.05) is 25.0 Å². The minimum Gasteiger partial charge on any atom is -0.325 e. The number of nitrogens with one attached hydrogen (secondary N) is 1. The van der Waals surface area contributed by atoms with Gasteiger partial charge >= 0.3 is 0 Å². The number of likely N-dealkylation sites (tertiary alicyclic amines) is 1. The molecule has 0 spiro atoms. The van der Waals surface area contributed by atoms with Gasteiger partial charge in [-0.25, -0.2) is 9.97 Å². The third kappa shape index (κ3) is 4.61. The zero-order chi connectivity index (χ0) is 24.5. The molecule has 0 bridgehead atoms. The van der Waals surface area contributed by atoms with Gasteiger partial charge in [0, 0.05) is 29.9 Å². The number of carbonyl (C=O) groups excluding carboxylic acids is 1. The molecule has 1 N–H and O–H groups in total. The fourth-order valence-corrected chi connectivity index (χ4v) is 5.90. The number of anilines is 2. The molecule has 2 fully saturated rings. The lowest BCUT2D eigenvalue weighted by Gasteiger charge is -2.31. The van der Waals surface area contributed by atoms with Crippen LogP contribution in [0.1, 0.15) is 85.8 Å². The molecule has 35 heavy (non-hydrogen) atoms. The Morgan fingerprint density at radius 2 is 1.77 bits per heavy atom. The standard InChI is InChI=1S/C28H35N5O2/c1-4-32-13-11-20(12-14-32)21-9-10-25(29-16-21)31-26-15-24-23(17-30-26)18(2)27(19(3)34)28(35)33(24)22-7-5-6-8-22/h9-10,15-17,20,22H,4-8,11-14H2,1-3H3,(H,29,30,31). The molecule has 1 aliphatic heterocycles. The highest BCUT2D eigenvalue weighted by molar-refractivity contribution is 6.00. The normalized spacial score (nSPS) is 17.8. The van der Waals surface area contributed by atoms with Gasteiger partial charge < -0.3 is 14.8 Å². The Hall–Kier alpha value is -3.06. The van der Waals surface area contributed by atoms with Gasteiger partial charge in [-0.15, -0.1) is 0 Å². The maximum absolute atomic E-state index is 13.4. The van der Waals surface area contributed by atoms with Crippen LogP contribution in [-0.4, -0.2) is 44.9 Å². The Morgan fingerprint density at radius 3 is 2.40 bits per heavy atom. The van der Waals surface area contributed by atoms with Gasteiger partial charge in [-0.1, -0.05) is 25.8 Å². The van der Waals surface area contributed by atoms with Gasteiger partial charge in [0.15, 0.2) is 5.78 Å². The van der Waals surface area contributed by atoms with Crippen LogP contribution < -0.4 is 10.9 Å². The average Bonchev–Trinajstić information content (AvgIpc) is 3.39. The first kappa shape index (κ1) is 23.7. The summed E-state index contributed by atoms with van der Waals surface area (Å²) >= 11 is 0. The first-order valence-electron chi connectivity index (χ1n) is 13.0. The predicted octanol–water partition coefficient (Wildman–Crippen LogP) is 5.36. The lowest BCUT2D eigenvalue weighted by molar-refractivity contribution is 0.101. The van der Waals surface area contributed by atoms with E-state index >= 15 is 0 Å². The van der Waals surface area contributed by atoms with E-state index in [-0.39, 0.29) is 22.9 Å². The molecular formula is C28H35N5O2. The van der Waals surface area contributed by atoms with E-state index in [1.54, 1.807) is 6.20 Å². The van der Waals surface area contributed by atoms with E-state index in [2.05, 4.69) is 33.2 Å². The van der Waals surface area contributed by atoms with Gasteiger partial charge in [-0.2, -0.15) is 0 Å². The molecule has 5 rings (SSSR count). The molecule has 3 aromatic rings. The van der Waals surface area contributed by atoms with Crippen LogP contribution in [-0.2, 0) is 0 Å². The maximum Gasteiger partial charge on any atom is 0.262 e. The fourth-order valence-electron chi connectivity index (χ4n) is 5.90. The fraction of sp³-hybridized carbons (Fsp3) is 0.500. The number of nitrogens with zero attached hydrogens (tertiary/aromatic N) is 4. The number of rotatable bonds is 6. The van der Waals surface area contributed by atoms with Crippen LogP contribution in [0.3, 0.4) is 0 Å². The predicted molar refractivity (Wildman–Crippen MR) is 140 cm³/mol. The molecule has 0 atom stereocenters.